The van der Waals surface area contributed by atoms with E-state index in [4.69, 9.17) is 9.47 Å². The first-order valence-electron chi connectivity index (χ1n) is 11.0. The summed E-state index contributed by atoms with van der Waals surface area (Å²) < 4.78 is 10.2. The van der Waals surface area contributed by atoms with Gasteiger partial charge in [-0.2, -0.15) is 0 Å². The molecular weight excluding hydrogens is 340 g/mol. The Hall–Kier alpha value is -1.32. The first kappa shape index (κ1) is 25.7. The van der Waals surface area contributed by atoms with Gasteiger partial charge < -0.3 is 9.47 Å². The standard InChI is InChI=1S/C23H42O4/c1-4-5-6-7-8-9-10-11-12-13-14-15-19-26-22(24)17-16-18-23(25)27-20-21(2)3/h13-14,21H,4-12,15-20H2,1-3H3/b14-13+. The fourth-order valence-electron chi connectivity index (χ4n) is 2.65. The smallest absolute Gasteiger partial charge is 0.305 e. The second-order valence-corrected chi connectivity index (χ2v) is 7.67. The summed E-state index contributed by atoms with van der Waals surface area (Å²) in [7, 11) is 0. The Balaban J connectivity index is 3.37. The van der Waals surface area contributed by atoms with Crippen LogP contribution in [0.3, 0.4) is 0 Å². The van der Waals surface area contributed by atoms with Crippen molar-refractivity contribution in [3.63, 3.8) is 0 Å². The summed E-state index contributed by atoms with van der Waals surface area (Å²) in [6, 6.07) is 0. The molecular formula is C23H42O4. The Labute approximate surface area is 167 Å². The highest BCUT2D eigenvalue weighted by Crippen LogP contribution is 2.10. The van der Waals surface area contributed by atoms with Crippen LogP contribution in [0.1, 0.15) is 104 Å². The van der Waals surface area contributed by atoms with Crippen LogP contribution in [0.15, 0.2) is 12.2 Å². The molecule has 0 aromatic heterocycles. The molecule has 0 atom stereocenters. The van der Waals surface area contributed by atoms with Gasteiger partial charge in [-0.15, -0.1) is 0 Å². The molecule has 0 heterocycles. The SMILES string of the molecule is CCCCCCCCCC/C=C/CCOC(=O)CCCC(=O)OCC(C)C. The van der Waals surface area contributed by atoms with Crippen LogP contribution in [0, 0.1) is 5.92 Å². The fourth-order valence-corrected chi connectivity index (χ4v) is 2.65. The summed E-state index contributed by atoms with van der Waals surface area (Å²) in [4.78, 5) is 23.0. The molecule has 0 fully saturated rings. The van der Waals surface area contributed by atoms with Gasteiger partial charge in [-0.3, -0.25) is 9.59 Å². The normalized spacial score (nSPS) is 11.3. The van der Waals surface area contributed by atoms with Crippen molar-refractivity contribution in [1.82, 2.24) is 0 Å². The minimum atomic E-state index is -0.236. The molecule has 0 saturated carbocycles. The zero-order chi connectivity index (χ0) is 20.2. The molecule has 0 radical (unpaired) electrons. The number of rotatable bonds is 18. The summed E-state index contributed by atoms with van der Waals surface area (Å²) >= 11 is 0. The molecule has 0 aliphatic heterocycles. The number of allylic oxidation sites excluding steroid dienone is 1. The highest BCUT2D eigenvalue weighted by molar-refractivity contribution is 5.72. The van der Waals surface area contributed by atoms with Gasteiger partial charge in [-0.25, -0.2) is 0 Å². The Kier molecular flexibility index (Phi) is 18.5. The van der Waals surface area contributed by atoms with E-state index in [0.717, 1.165) is 12.8 Å². The van der Waals surface area contributed by atoms with E-state index < -0.39 is 0 Å². The molecule has 0 amide bonds. The van der Waals surface area contributed by atoms with Gasteiger partial charge in [0.2, 0.25) is 0 Å². The second-order valence-electron chi connectivity index (χ2n) is 7.67. The van der Waals surface area contributed by atoms with Crippen molar-refractivity contribution in [1.29, 1.82) is 0 Å². The van der Waals surface area contributed by atoms with Gasteiger partial charge in [0.05, 0.1) is 13.2 Å². The van der Waals surface area contributed by atoms with Crippen LogP contribution in [0.4, 0.5) is 0 Å². The molecule has 0 bridgehead atoms. The van der Waals surface area contributed by atoms with Crippen LogP contribution in [-0.4, -0.2) is 25.2 Å². The molecule has 0 N–H and O–H groups in total. The zero-order valence-corrected chi connectivity index (χ0v) is 18.0. The van der Waals surface area contributed by atoms with Crippen molar-refractivity contribution in [2.75, 3.05) is 13.2 Å². The molecule has 0 aromatic carbocycles. The van der Waals surface area contributed by atoms with E-state index in [1.165, 1.54) is 51.4 Å². The maximum atomic E-state index is 11.6. The monoisotopic (exact) mass is 382 g/mol. The van der Waals surface area contributed by atoms with E-state index >= 15 is 0 Å². The number of esters is 2. The third-order valence-electron chi connectivity index (χ3n) is 4.28. The van der Waals surface area contributed by atoms with Crippen LogP contribution in [0.5, 0.6) is 0 Å². The highest BCUT2D eigenvalue weighted by atomic mass is 16.5. The zero-order valence-electron chi connectivity index (χ0n) is 18.0. The van der Waals surface area contributed by atoms with Crippen molar-refractivity contribution >= 4 is 11.9 Å². The van der Waals surface area contributed by atoms with E-state index in [0.29, 0.717) is 25.6 Å². The average molecular weight is 383 g/mol. The van der Waals surface area contributed by atoms with Gasteiger partial charge in [0.1, 0.15) is 0 Å². The van der Waals surface area contributed by atoms with Crippen LogP contribution in [-0.2, 0) is 19.1 Å². The number of carbonyl (C=O) groups excluding carboxylic acids is 2. The van der Waals surface area contributed by atoms with E-state index in [9.17, 15) is 9.59 Å². The first-order chi connectivity index (χ1) is 13.1. The summed E-state index contributed by atoms with van der Waals surface area (Å²) in [5.41, 5.74) is 0. The summed E-state index contributed by atoms with van der Waals surface area (Å²) in [5, 5.41) is 0. The summed E-state index contributed by atoms with van der Waals surface area (Å²) in [6.07, 6.45) is 17.9. The molecule has 4 heteroatoms. The molecule has 0 spiro atoms. The number of hydrogen-bond donors (Lipinski definition) is 0. The Morgan fingerprint density at radius 2 is 1.30 bits per heavy atom. The van der Waals surface area contributed by atoms with Crippen molar-refractivity contribution in [3.05, 3.63) is 12.2 Å². The van der Waals surface area contributed by atoms with Gasteiger partial charge >= 0.3 is 11.9 Å². The minimum Gasteiger partial charge on any atom is -0.465 e. The first-order valence-corrected chi connectivity index (χ1v) is 11.0. The predicted octanol–water partition coefficient (Wildman–Crippen LogP) is 6.38. The van der Waals surface area contributed by atoms with Crippen LogP contribution < -0.4 is 0 Å². The molecule has 27 heavy (non-hydrogen) atoms. The molecule has 0 saturated heterocycles. The highest BCUT2D eigenvalue weighted by Gasteiger charge is 2.07. The Morgan fingerprint density at radius 3 is 1.93 bits per heavy atom. The molecule has 0 aliphatic rings. The van der Waals surface area contributed by atoms with Crippen molar-refractivity contribution in [2.45, 2.75) is 104 Å². The van der Waals surface area contributed by atoms with Crippen molar-refractivity contribution in [3.8, 4) is 0 Å². The molecule has 0 rings (SSSR count). The maximum absolute atomic E-state index is 11.6. The van der Waals surface area contributed by atoms with Crippen LogP contribution in [0.25, 0.3) is 0 Å². The molecule has 4 nitrogen and oxygen atoms in total. The Morgan fingerprint density at radius 1 is 0.741 bits per heavy atom. The summed E-state index contributed by atoms with van der Waals surface area (Å²) in [6.45, 7) is 7.10. The van der Waals surface area contributed by atoms with E-state index in [1.54, 1.807) is 0 Å². The topological polar surface area (TPSA) is 52.6 Å². The largest absolute Gasteiger partial charge is 0.465 e. The number of carbonyl (C=O) groups is 2. The maximum Gasteiger partial charge on any atom is 0.305 e. The lowest BCUT2D eigenvalue weighted by molar-refractivity contribution is -0.146. The molecule has 0 aliphatic carbocycles. The molecule has 158 valence electrons. The lowest BCUT2D eigenvalue weighted by atomic mass is 10.1. The van der Waals surface area contributed by atoms with E-state index in [1.807, 2.05) is 13.8 Å². The van der Waals surface area contributed by atoms with Gasteiger partial charge in [-0.1, -0.05) is 77.9 Å². The van der Waals surface area contributed by atoms with Crippen molar-refractivity contribution < 1.29 is 19.1 Å². The minimum absolute atomic E-state index is 0.233. The second kappa shape index (κ2) is 19.4. The van der Waals surface area contributed by atoms with Gasteiger partial charge in [-0.05, 0) is 31.6 Å². The number of ether oxygens (including phenoxy) is 2. The van der Waals surface area contributed by atoms with Gasteiger partial charge in [0.15, 0.2) is 0 Å². The van der Waals surface area contributed by atoms with Crippen LogP contribution in [0.2, 0.25) is 0 Å². The van der Waals surface area contributed by atoms with E-state index in [-0.39, 0.29) is 24.8 Å². The van der Waals surface area contributed by atoms with Crippen molar-refractivity contribution in [2.24, 2.45) is 5.92 Å². The number of hydrogen-bond acceptors (Lipinski definition) is 4. The van der Waals surface area contributed by atoms with Crippen LogP contribution >= 0.6 is 0 Å². The quantitative estimate of drug-likeness (QED) is 0.157. The Bertz CT molecular complexity index is 388. The molecule has 0 aromatic rings. The number of unbranched alkanes of at least 4 members (excludes halogenated alkanes) is 8. The third kappa shape index (κ3) is 20.8. The lowest BCUT2D eigenvalue weighted by Crippen LogP contribution is -2.11. The fraction of sp³-hybridized carbons (Fsp3) is 0.826. The third-order valence-corrected chi connectivity index (χ3v) is 4.28. The summed E-state index contributed by atoms with van der Waals surface area (Å²) in [5.74, 6) is -0.133. The van der Waals surface area contributed by atoms with Gasteiger partial charge in [0.25, 0.3) is 0 Å². The van der Waals surface area contributed by atoms with E-state index in [2.05, 4.69) is 19.1 Å². The molecule has 0 unspecified atom stereocenters. The lowest BCUT2D eigenvalue weighted by Gasteiger charge is -2.07. The predicted molar refractivity (Wildman–Crippen MR) is 112 cm³/mol. The average Bonchev–Trinajstić information content (AvgIpc) is 2.63. The van der Waals surface area contributed by atoms with Gasteiger partial charge in [0, 0.05) is 12.8 Å².